The molecule has 0 atom stereocenters. The van der Waals surface area contributed by atoms with Gasteiger partial charge in [0, 0.05) is 19.2 Å². The second kappa shape index (κ2) is 6.15. The highest BCUT2D eigenvalue weighted by Gasteiger charge is 2.16. The van der Waals surface area contributed by atoms with E-state index in [-0.39, 0.29) is 5.97 Å². The van der Waals surface area contributed by atoms with E-state index in [0.717, 1.165) is 18.4 Å². The van der Waals surface area contributed by atoms with Crippen LogP contribution in [-0.4, -0.2) is 41.8 Å². The maximum atomic E-state index is 11.2. The van der Waals surface area contributed by atoms with Gasteiger partial charge in [-0.2, -0.15) is 0 Å². The van der Waals surface area contributed by atoms with Gasteiger partial charge in [-0.15, -0.1) is 0 Å². The molecule has 1 aliphatic heterocycles. The first kappa shape index (κ1) is 12.5. The Kier molecular flexibility index (Phi) is 4.82. The highest BCUT2D eigenvalue weighted by Crippen LogP contribution is 2.16. The van der Waals surface area contributed by atoms with Gasteiger partial charge in [-0.3, -0.25) is 0 Å². The average molecular weight is 227 g/mol. The summed E-state index contributed by atoms with van der Waals surface area (Å²) in [6, 6.07) is 0. The Labute approximate surface area is 94.7 Å². The first-order chi connectivity index (χ1) is 7.63. The van der Waals surface area contributed by atoms with Crippen LogP contribution in [0.25, 0.3) is 0 Å². The normalized spacial score (nSPS) is 19.3. The summed E-state index contributed by atoms with van der Waals surface area (Å²) in [6.45, 7) is 3.12. The Morgan fingerprint density at radius 2 is 2.19 bits per heavy atom. The molecule has 0 spiro atoms. The summed E-state index contributed by atoms with van der Waals surface area (Å²) in [6.07, 6.45) is 2.75. The van der Waals surface area contributed by atoms with Crippen molar-refractivity contribution in [3.63, 3.8) is 0 Å². The van der Waals surface area contributed by atoms with Crippen LogP contribution in [0.5, 0.6) is 0 Å². The third-order valence-corrected chi connectivity index (χ3v) is 2.51. The van der Waals surface area contributed by atoms with Crippen molar-refractivity contribution in [3.05, 3.63) is 11.6 Å². The number of rotatable bonds is 2. The van der Waals surface area contributed by atoms with Crippen molar-refractivity contribution >= 4 is 12.1 Å². The van der Waals surface area contributed by atoms with Crippen LogP contribution < -0.4 is 0 Å². The molecule has 5 nitrogen and oxygen atoms in total. The van der Waals surface area contributed by atoms with Crippen molar-refractivity contribution in [1.82, 2.24) is 4.90 Å². The maximum absolute atomic E-state index is 11.2. The Balaban J connectivity index is 2.52. The van der Waals surface area contributed by atoms with E-state index in [4.69, 9.17) is 9.84 Å². The van der Waals surface area contributed by atoms with E-state index in [1.54, 1.807) is 6.92 Å². The molecule has 0 radical (unpaired) electrons. The van der Waals surface area contributed by atoms with Gasteiger partial charge in [-0.1, -0.05) is 5.57 Å². The number of esters is 1. The topological polar surface area (TPSA) is 66.8 Å². The van der Waals surface area contributed by atoms with Gasteiger partial charge in [0.1, 0.15) is 0 Å². The minimum atomic E-state index is -0.891. The zero-order valence-corrected chi connectivity index (χ0v) is 9.44. The molecule has 1 N–H and O–H groups in total. The largest absolute Gasteiger partial charge is 0.465 e. The van der Waals surface area contributed by atoms with Crippen molar-refractivity contribution in [1.29, 1.82) is 0 Å². The second-order valence-electron chi connectivity index (χ2n) is 3.68. The number of carbonyl (C=O) groups is 2. The maximum Gasteiger partial charge on any atom is 0.407 e. The molecule has 0 aromatic carbocycles. The Hall–Kier alpha value is -1.52. The second-order valence-corrected chi connectivity index (χ2v) is 3.68. The molecule has 1 heterocycles. The van der Waals surface area contributed by atoms with Crippen LogP contribution in [0, 0.1) is 0 Å². The molecule has 1 fully saturated rings. The predicted octanol–water partition coefficient (Wildman–Crippen LogP) is 1.64. The first-order valence-corrected chi connectivity index (χ1v) is 5.47. The van der Waals surface area contributed by atoms with E-state index in [1.165, 1.54) is 11.0 Å². The predicted molar refractivity (Wildman–Crippen MR) is 58.2 cm³/mol. The third kappa shape index (κ3) is 3.92. The number of ether oxygens (including phenoxy) is 1. The molecule has 0 saturated carbocycles. The fourth-order valence-electron chi connectivity index (χ4n) is 1.70. The van der Waals surface area contributed by atoms with E-state index in [1.807, 2.05) is 0 Å². The highest BCUT2D eigenvalue weighted by molar-refractivity contribution is 5.82. The van der Waals surface area contributed by atoms with Crippen molar-refractivity contribution in [2.45, 2.75) is 26.2 Å². The van der Waals surface area contributed by atoms with Crippen LogP contribution in [0.3, 0.4) is 0 Å². The van der Waals surface area contributed by atoms with Gasteiger partial charge < -0.3 is 14.7 Å². The van der Waals surface area contributed by atoms with Crippen molar-refractivity contribution < 1.29 is 19.4 Å². The summed E-state index contributed by atoms with van der Waals surface area (Å²) in [5, 5.41) is 8.83. The number of hydrogen-bond acceptors (Lipinski definition) is 3. The first-order valence-electron chi connectivity index (χ1n) is 5.47. The molecule has 0 aromatic rings. The zero-order chi connectivity index (χ0) is 12.0. The lowest BCUT2D eigenvalue weighted by Gasteiger charge is -2.14. The lowest BCUT2D eigenvalue weighted by atomic mass is 10.1. The summed E-state index contributed by atoms with van der Waals surface area (Å²) in [4.78, 5) is 23.3. The summed E-state index contributed by atoms with van der Waals surface area (Å²) >= 11 is 0. The molecule has 0 aromatic heterocycles. The fourth-order valence-corrected chi connectivity index (χ4v) is 1.70. The molecule has 90 valence electrons. The van der Waals surface area contributed by atoms with E-state index in [9.17, 15) is 9.59 Å². The molecule has 1 rings (SSSR count). The molecular formula is C11H17NO4. The molecule has 16 heavy (non-hydrogen) atoms. The number of carbonyl (C=O) groups excluding carboxylic acids is 1. The monoisotopic (exact) mass is 227 g/mol. The van der Waals surface area contributed by atoms with Gasteiger partial charge in [0.25, 0.3) is 0 Å². The van der Waals surface area contributed by atoms with E-state index in [2.05, 4.69) is 0 Å². The van der Waals surface area contributed by atoms with Gasteiger partial charge in [-0.05, 0) is 26.2 Å². The minimum absolute atomic E-state index is 0.332. The Morgan fingerprint density at radius 1 is 1.44 bits per heavy atom. The molecule has 1 amide bonds. The van der Waals surface area contributed by atoms with Crippen LogP contribution in [-0.2, 0) is 9.53 Å². The van der Waals surface area contributed by atoms with Gasteiger partial charge in [0.15, 0.2) is 0 Å². The number of hydrogen-bond donors (Lipinski definition) is 1. The van der Waals surface area contributed by atoms with Crippen molar-refractivity contribution in [2.24, 2.45) is 0 Å². The number of nitrogens with zero attached hydrogens (tertiary/aromatic N) is 1. The quantitative estimate of drug-likeness (QED) is 0.575. The number of carboxylic acid groups (broad SMARTS) is 1. The average Bonchev–Trinajstić information content (AvgIpc) is 2.43. The highest BCUT2D eigenvalue weighted by atomic mass is 16.5. The van der Waals surface area contributed by atoms with Gasteiger partial charge in [0.05, 0.1) is 6.61 Å². The Morgan fingerprint density at radius 3 is 2.81 bits per heavy atom. The zero-order valence-electron chi connectivity index (χ0n) is 9.44. The van der Waals surface area contributed by atoms with E-state index >= 15 is 0 Å². The van der Waals surface area contributed by atoms with Crippen molar-refractivity contribution in [3.8, 4) is 0 Å². The molecule has 0 bridgehead atoms. The van der Waals surface area contributed by atoms with Gasteiger partial charge in [-0.25, -0.2) is 9.59 Å². The smallest absolute Gasteiger partial charge is 0.407 e. The van der Waals surface area contributed by atoms with Crippen LogP contribution in [0.1, 0.15) is 26.2 Å². The lowest BCUT2D eigenvalue weighted by Crippen LogP contribution is -2.30. The van der Waals surface area contributed by atoms with E-state index < -0.39 is 6.09 Å². The summed E-state index contributed by atoms with van der Waals surface area (Å²) in [7, 11) is 0. The Bertz CT molecular complexity index is 298. The molecule has 5 heteroatoms. The molecule has 1 saturated heterocycles. The van der Waals surface area contributed by atoms with Crippen molar-refractivity contribution in [2.75, 3.05) is 19.7 Å². The summed E-state index contributed by atoms with van der Waals surface area (Å²) in [5.74, 6) is -0.332. The van der Waals surface area contributed by atoms with Crippen LogP contribution in [0.4, 0.5) is 4.79 Å². The van der Waals surface area contributed by atoms with E-state index in [0.29, 0.717) is 26.1 Å². The molecule has 0 unspecified atom stereocenters. The van der Waals surface area contributed by atoms with Crippen LogP contribution in [0.15, 0.2) is 11.6 Å². The number of likely N-dealkylation sites (tertiary alicyclic amines) is 1. The lowest BCUT2D eigenvalue weighted by molar-refractivity contribution is -0.137. The van der Waals surface area contributed by atoms with Crippen LogP contribution in [0.2, 0.25) is 0 Å². The summed E-state index contributed by atoms with van der Waals surface area (Å²) < 4.78 is 4.81. The SMILES string of the molecule is CCOC(=O)/C=C1\CCCN(C(=O)O)CC1. The molecule has 1 aliphatic rings. The van der Waals surface area contributed by atoms with Crippen LogP contribution >= 0.6 is 0 Å². The third-order valence-electron chi connectivity index (χ3n) is 2.51. The number of amides is 1. The molecule has 0 aliphatic carbocycles. The fraction of sp³-hybridized carbons (Fsp3) is 0.636. The van der Waals surface area contributed by atoms with Gasteiger partial charge in [0.2, 0.25) is 0 Å². The summed E-state index contributed by atoms with van der Waals surface area (Å²) in [5.41, 5.74) is 0.974. The minimum Gasteiger partial charge on any atom is -0.465 e. The van der Waals surface area contributed by atoms with Gasteiger partial charge >= 0.3 is 12.1 Å². The molecular weight excluding hydrogens is 210 g/mol. The standard InChI is InChI=1S/C11H17NO4/c1-2-16-10(13)8-9-4-3-6-12(7-5-9)11(14)15/h8H,2-7H2,1H3,(H,14,15)/b9-8+.